The molecule has 1 aromatic heterocycles. The maximum Gasteiger partial charge on any atom is 0.217 e. The first-order valence-electron chi connectivity index (χ1n) is 5.22. The van der Waals surface area contributed by atoms with Crippen molar-refractivity contribution in [3.8, 4) is 6.19 Å². The number of rotatable bonds is 5. The molecule has 0 atom stereocenters. The molecule has 1 heterocycles. The molecule has 0 bridgehead atoms. The second-order valence-corrected chi connectivity index (χ2v) is 4.69. The number of nitrogens with zero attached hydrogens (tertiary/aromatic N) is 3. The number of thioether (sulfide) groups is 1. The number of hydrogen-bond acceptors (Lipinski definition) is 5. The number of hydrogen-bond donors (Lipinski definition) is 2. The molecule has 0 amide bonds. The van der Waals surface area contributed by atoms with Gasteiger partial charge in [0.05, 0.1) is 0 Å². The van der Waals surface area contributed by atoms with E-state index in [1.165, 1.54) is 0 Å². The Hall–Kier alpha value is -1.39. The van der Waals surface area contributed by atoms with E-state index in [1.54, 1.807) is 31.9 Å². The Bertz CT molecular complexity index is 454. The third-order valence-electron chi connectivity index (χ3n) is 1.93. The molecule has 98 valence electrons. The summed E-state index contributed by atoms with van der Waals surface area (Å²) in [4.78, 5) is 8.03. The minimum Gasteiger partial charge on any atom is -0.429 e. The summed E-state index contributed by atoms with van der Waals surface area (Å²) in [6, 6.07) is 0. The summed E-state index contributed by atoms with van der Waals surface area (Å²) in [5, 5.41) is 14.2. The molecule has 0 saturated carbocycles. The topological polar surface area (TPSA) is 86.2 Å². The zero-order valence-electron chi connectivity index (χ0n) is 10.2. The highest BCUT2D eigenvalue weighted by molar-refractivity contribution is 7.98. The summed E-state index contributed by atoms with van der Waals surface area (Å²) in [6.45, 7) is 2.46. The third kappa shape index (κ3) is 4.85. The van der Waals surface area contributed by atoms with E-state index in [4.69, 9.17) is 21.3 Å². The fourth-order valence-electron chi connectivity index (χ4n) is 1.18. The van der Waals surface area contributed by atoms with Crippen LogP contribution < -0.4 is 10.6 Å². The smallest absolute Gasteiger partial charge is 0.217 e. The SMILES string of the molecule is CN=C(NC#N)NCCSCc1nc(C)oc1Cl. The Balaban J connectivity index is 2.20. The van der Waals surface area contributed by atoms with Crippen LogP contribution in [0.5, 0.6) is 0 Å². The van der Waals surface area contributed by atoms with E-state index in [0.29, 0.717) is 29.4 Å². The van der Waals surface area contributed by atoms with Gasteiger partial charge >= 0.3 is 0 Å². The van der Waals surface area contributed by atoms with Gasteiger partial charge in [-0.3, -0.25) is 10.3 Å². The molecule has 1 rings (SSSR count). The van der Waals surface area contributed by atoms with E-state index in [-0.39, 0.29) is 0 Å². The molecule has 0 aliphatic carbocycles. The molecule has 8 heteroatoms. The van der Waals surface area contributed by atoms with Gasteiger partial charge < -0.3 is 9.73 Å². The highest BCUT2D eigenvalue weighted by Crippen LogP contribution is 2.21. The Morgan fingerprint density at radius 2 is 2.44 bits per heavy atom. The van der Waals surface area contributed by atoms with Crippen LogP contribution in [0.1, 0.15) is 11.6 Å². The molecule has 6 nitrogen and oxygen atoms in total. The van der Waals surface area contributed by atoms with E-state index < -0.39 is 0 Å². The molecule has 2 N–H and O–H groups in total. The van der Waals surface area contributed by atoms with Crippen LogP contribution in [0.3, 0.4) is 0 Å². The monoisotopic (exact) mass is 287 g/mol. The highest BCUT2D eigenvalue weighted by atomic mass is 35.5. The second-order valence-electron chi connectivity index (χ2n) is 3.24. The number of aryl methyl sites for hydroxylation is 1. The van der Waals surface area contributed by atoms with Crippen molar-refractivity contribution in [2.75, 3.05) is 19.3 Å². The normalized spacial score (nSPS) is 11.1. The van der Waals surface area contributed by atoms with Crippen LogP contribution in [-0.4, -0.2) is 30.3 Å². The van der Waals surface area contributed by atoms with Crippen molar-refractivity contribution in [2.45, 2.75) is 12.7 Å². The van der Waals surface area contributed by atoms with Crippen molar-refractivity contribution in [3.63, 3.8) is 0 Å². The number of nitriles is 1. The fraction of sp³-hybridized carbons (Fsp3) is 0.500. The first kappa shape index (κ1) is 14.7. The molecule has 0 fully saturated rings. The molecule has 0 saturated heterocycles. The summed E-state index contributed by atoms with van der Waals surface area (Å²) in [7, 11) is 1.61. The van der Waals surface area contributed by atoms with Gasteiger partial charge in [-0.1, -0.05) is 0 Å². The lowest BCUT2D eigenvalue weighted by atomic mass is 10.6. The van der Waals surface area contributed by atoms with Crippen molar-refractivity contribution in [2.24, 2.45) is 4.99 Å². The maximum atomic E-state index is 8.43. The van der Waals surface area contributed by atoms with Gasteiger partial charge in [-0.2, -0.15) is 17.0 Å². The van der Waals surface area contributed by atoms with Crippen molar-refractivity contribution >= 4 is 29.3 Å². The first-order chi connectivity index (χ1) is 8.67. The molecular formula is C10H14ClN5OS. The summed E-state index contributed by atoms with van der Waals surface area (Å²) in [5.41, 5.74) is 0.763. The Morgan fingerprint density at radius 3 is 3.00 bits per heavy atom. The van der Waals surface area contributed by atoms with Gasteiger partial charge in [0.2, 0.25) is 11.2 Å². The largest absolute Gasteiger partial charge is 0.429 e. The molecule has 0 radical (unpaired) electrons. The van der Waals surface area contributed by atoms with Crippen molar-refractivity contribution in [3.05, 3.63) is 16.8 Å². The van der Waals surface area contributed by atoms with E-state index >= 15 is 0 Å². The van der Waals surface area contributed by atoms with E-state index in [2.05, 4.69) is 20.6 Å². The fourth-order valence-corrected chi connectivity index (χ4v) is 2.26. The number of halogens is 1. The number of guanidine groups is 1. The molecule has 0 aliphatic rings. The van der Waals surface area contributed by atoms with Gasteiger partial charge in [-0.05, 0) is 11.6 Å². The Kier molecular flexibility index (Phi) is 6.39. The zero-order chi connectivity index (χ0) is 13.4. The number of aromatic nitrogens is 1. The number of nitrogens with one attached hydrogen (secondary N) is 2. The minimum absolute atomic E-state index is 0.356. The molecule has 0 aliphatic heterocycles. The molecule has 0 spiro atoms. The quantitative estimate of drug-likeness (QED) is 0.281. The van der Waals surface area contributed by atoms with E-state index in [0.717, 1.165) is 11.4 Å². The number of aliphatic imine (C=N–C) groups is 1. The average molecular weight is 288 g/mol. The standard InChI is InChI=1S/C10H14ClN5OS/c1-7-16-8(9(11)17-7)5-18-4-3-14-10(13-2)15-6-12/h3-5H2,1-2H3,(H2,13,14,15). The van der Waals surface area contributed by atoms with Crippen LogP contribution in [0.4, 0.5) is 0 Å². The van der Waals surface area contributed by atoms with E-state index in [1.807, 2.05) is 0 Å². The van der Waals surface area contributed by atoms with Gasteiger partial charge in [-0.15, -0.1) is 0 Å². The van der Waals surface area contributed by atoms with Gasteiger partial charge in [0.25, 0.3) is 0 Å². The summed E-state index contributed by atoms with van der Waals surface area (Å²) in [5.74, 6) is 2.58. The number of oxazole rings is 1. The van der Waals surface area contributed by atoms with Gasteiger partial charge in [-0.25, -0.2) is 4.98 Å². The zero-order valence-corrected chi connectivity index (χ0v) is 11.7. The van der Waals surface area contributed by atoms with Crippen LogP contribution in [-0.2, 0) is 5.75 Å². The average Bonchev–Trinajstić information content (AvgIpc) is 2.66. The molecular weight excluding hydrogens is 274 g/mol. The van der Waals surface area contributed by atoms with Crippen LogP contribution in [0.2, 0.25) is 5.22 Å². The molecule has 0 aromatic carbocycles. The second kappa shape index (κ2) is 7.84. The molecule has 1 aromatic rings. The van der Waals surface area contributed by atoms with E-state index in [9.17, 15) is 0 Å². The molecule has 0 unspecified atom stereocenters. The van der Waals surface area contributed by atoms with Gasteiger partial charge in [0, 0.05) is 32.0 Å². The third-order valence-corrected chi connectivity index (χ3v) is 3.20. The lowest BCUT2D eigenvalue weighted by Crippen LogP contribution is -2.35. The van der Waals surface area contributed by atoms with Crippen molar-refractivity contribution in [1.29, 1.82) is 5.26 Å². The lowest BCUT2D eigenvalue weighted by Gasteiger charge is -2.05. The molecule has 18 heavy (non-hydrogen) atoms. The Morgan fingerprint density at radius 1 is 1.67 bits per heavy atom. The Labute approximate surface area is 115 Å². The summed E-state index contributed by atoms with van der Waals surface area (Å²) in [6.07, 6.45) is 1.81. The van der Waals surface area contributed by atoms with Crippen molar-refractivity contribution in [1.82, 2.24) is 15.6 Å². The predicted molar refractivity (Wildman–Crippen MR) is 72.5 cm³/mol. The van der Waals surface area contributed by atoms with Crippen LogP contribution in [0.25, 0.3) is 0 Å². The summed E-state index contributed by atoms with van der Waals surface area (Å²) < 4.78 is 5.12. The van der Waals surface area contributed by atoms with Gasteiger partial charge in [0.15, 0.2) is 12.1 Å². The minimum atomic E-state index is 0.356. The summed E-state index contributed by atoms with van der Waals surface area (Å²) >= 11 is 7.52. The van der Waals surface area contributed by atoms with Gasteiger partial charge in [0.1, 0.15) is 5.69 Å². The maximum absolute atomic E-state index is 8.43. The van der Waals surface area contributed by atoms with Crippen LogP contribution >= 0.6 is 23.4 Å². The van der Waals surface area contributed by atoms with Crippen LogP contribution in [0.15, 0.2) is 9.41 Å². The van der Waals surface area contributed by atoms with Crippen molar-refractivity contribution < 1.29 is 4.42 Å². The highest BCUT2D eigenvalue weighted by Gasteiger charge is 2.07. The predicted octanol–water partition coefficient (Wildman–Crippen LogP) is 1.52. The first-order valence-corrected chi connectivity index (χ1v) is 6.76. The van der Waals surface area contributed by atoms with Crippen LogP contribution in [0, 0.1) is 18.4 Å². The lowest BCUT2D eigenvalue weighted by molar-refractivity contribution is 0.523.